The number of pyridine rings is 1. The topological polar surface area (TPSA) is 62.3 Å². The maximum atomic E-state index is 15.3. The number of anilines is 1. The Labute approximate surface area is 213 Å². The van der Waals surface area contributed by atoms with Crippen molar-refractivity contribution < 1.29 is 14.0 Å². The van der Waals surface area contributed by atoms with Gasteiger partial charge in [0.15, 0.2) is 5.78 Å². The molecule has 7 rings (SSSR count). The molecule has 1 amide bonds. The number of ketones is 1. The van der Waals surface area contributed by atoms with Gasteiger partial charge < -0.3 is 10.2 Å². The zero-order chi connectivity index (χ0) is 24.8. The molecule has 2 bridgehead atoms. The molecule has 1 aromatic carbocycles. The number of unbranched alkanes of at least 4 members (excludes halogenated alkanes) is 1. The van der Waals surface area contributed by atoms with Crippen LogP contribution in [0.4, 0.5) is 10.1 Å². The first-order valence-electron chi connectivity index (χ1n) is 14.2. The van der Waals surface area contributed by atoms with E-state index in [1.807, 2.05) is 6.07 Å². The van der Waals surface area contributed by atoms with Gasteiger partial charge in [-0.3, -0.25) is 14.6 Å². The number of nitrogens with zero attached hydrogens (tertiary/aromatic N) is 2. The van der Waals surface area contributed by atoms with E-state index in [-0.39, 0.29) is 23.4 Å². The van der Waals surface area contributed by atoms with Crippen molar-refractivity contribution in [1.29, 1.82) is 0 Å². The molecule has 192 valence electrons. The van der Waals surface area contributed by atoms with Crippen molar-refractivity contribution in [3.05, 3.63) is 35.3 Å². The molecule has 1 aromatic heterocycles. The van der Waals surface area contributed by atoms with Crippen LogP contribution in [0, 0.1) is 35.4 Å². The van der Waals surface area contributed by atoms with Gasteiger partial charge in [-0.1, -0.05) is 13.3 Å². The highest BCUT2D eigenvalue weighted by molar-refractivity contribution is 6.02. The number of Topliss-reactive ketones (excluding diaryl/α,β-unsaturated/α-hetero) is 1. The number of nitrogens with one attached hydrogen (secondary N) is 1. The van der Waals surface area contributed by atoms with Crippen molar-refractivity contribution in [3.8, 4) is 0 Å². The summed E-state index contributed by atoms with van der Waals surface area (Å²) < 4.78 is 15.3. The van der Waals surface area contributed by atoms with Crippen molar-refractivity contribution in [2.75, 3.05) is 24.5 Å². The summed E-state index contributed by atoms with van der Waals surface area (Å²) in [6.45, 7) is 4.16. The van der Waals surface area contributed by atoms with Gasteiger partial charge >= 0.3 is 0 Å². The lowest BCUT2D eigenvalue weighted by Gasteiger charge is -2.58. The number of rotatable bonds is 10. The molecule has 2 heterocycles. The van der Waals surface area contributed by atoms with Crippen LogP contribution in [-0.2, 0) is 11.2 Å². The molecule has 0 unspecified atom stereocenters. The second-order valence-corrected chi connectivity index (χ2v) is 11.8. The lowest BCUT2D eigenvalue weighted by atomic mass is 9.47. The van der Waals surface area contributed by atoms with Crippen LogP contribution in [0.2, 0.25) is 0 Å². The van der Waals surface area contributed by atoms with Gasteiger partial charge in [-0.15, -0.1) is 0 Å². The van der Waals surface area contributed by atoms with Crippen LogP contribution >= 0.6 is 0 Å². The van der Waals surface area contributed by atoms with E-state index in [1.54, 1.807) is 12.3 Å². The number of benzene rings is 1. The molecule has 6 heteroatoms. The molecular formula is C30H38FN3O2. The number of piperidine rings is 1. The molecule has 5 nitrogen and oxygen atoms in total. The van der Waals surface area contributed by atoms with E-state index in [1.165, 1.54) is 12.8 Å². The molecule has 5 aliphatic rings. The highest BCUT2D eigenvalue weighted by Gasteiger charge is 2.52. The maximum absolute atomic E-state index is 15.3. The molecule has 4 aliphatic carbocycles. The number of hydrogen-bond acceptors (Lipinski definition) is 4. The monoisotopic (exact) mass is 491 g/mol. The Morgan fingerprint density at radius 1 is 1.11 bits per heavy atom. The third-order valence-corrected chi connectivity index (χ3v) is 9.42. The first-order valence-corrected chi connectivity index (χ1v) is 14.2. The molecule has 0 radical (unpaired) electrons. The third kappa shape index (κ3) is 4.52. The highest BCUT2D eigenvalue weighted by Crippen LogP contribution is 2.60. The first-order chi connectivity index (χ1) is 17.5. The summed E-state index contributed by atoms with van der Waals surface area (Å²) in [6, 6.07) is 3.50. The summed E-state index contributed by atoms with van der Waals surface area (Å²) in [4.78, 5) is 32.4. The average Bonchev–Trinajstić information content (AvgIpc) is 3.64. The van der Waals surface area contributed by atoms with Crippen LogP contribution in [0.5, 0.6) is 0 Å². The predicted molar refractivity (Wildman–Crippen MR) is 140 cm³/mol. The normalized spacial score (nSPS) is 25.4. The van der Waals surface area contributed by atoms with Crippen molar-refractivity contribution in [3.63, 3.8) is 0 Å². The standard InChI is InChI=1S/C30H38FN3O2/c1-2-3-8-32-30(36)19-6-9-34(10-7-19)28-15-24-23(14-22-20-12-21(22)13-20)25(29(35)11-18-4-5-18)17-33-27(24)16-26(28)31/h15-22H,2-14H2,1H3,(H,32,36). The number of aromatic nitrogens is 1. The lowest BCUT2D eigenvalue weighted by Crippen LogP contribution is -2.51. The van der Waals surface area contributed by atoms with E-state index in [9.17, 15) is 9.59 Å². The number of hydrogen-bond donors (Lipinski definition) is 1. The molecule has 36 heavy (non-hydrogen) atoms. The van der Waals surface area contributed by atoms with Crippen LogP contribution in [0.15, 0.2) is 18.3 Å². The third-order valence-electron chi connectivity index (χ3n) is 9.42. The predicted octanol–water partition coefficient (Wildman–Crippen LogP) is 5.69. The van der Waals surface area contributed by atoms with Gasteiger partial charge in [-0.05, 0) is 86.7 Å². The van der Waals surface area contributed by atoms with Crippen molar-refractivity contribution in [2.24, 2.45) is 29.6 Å². The number of halogens is 1. The molecule has 1 aliphatic heterocycles. The molecule has 0 atom stereocenters. The van der Waals surface area contributed by atoms with Crippen LogP contribution in [0.1, 0.15) is 80.6 Å². The van der Waals surface area contributed by atoms with Gasteiger partial charge in [0.05, 0.1) is 11.2 Å². The van der Waals surface area contributed by atoms with Gasteiger partial charge in [0, 0.05) is 55.2 Å². The number of fused-ring (bicyclic) bond motifs is 1. The van der Waals surface area contributed by atoms with Crippen LogP contribution in [0.25, 0.3) is 10.9 Å². The lowest BCUT2D eigenvalue weighted by molar-refractivity contribution is -0.125. The minimum absolute atomic E-state index is 0.00385. The summed E-state index contributed by atoms with van der Waals surface area (Å²) in [5, 5.41) is 3.99. The zero-order valence-electron chi connectivity index (χ0n) is 21.4. The molecule has 5 fully saturated rings. The Kier molecular flexibility index (Phi) is 6.47. The zero-order valence-corrected chi connectivity index (χ0v) is 21.4. The SMILES string of the molecule is CCCCNC(=O)C1CCN(c2cc3c(CC4C5CC4C5)c(C(=O)CC4CC4)cnc3cc2F)CC1. The molecule has 1 saturated heterocycles. The van der Waals surface area contributed by atoms with E-state index in [0.717, 1.165) is 79.8 Å². The summed E-state index contributed by atoms with van der Waals surface area (Å²) in [6.07, 6.45) is 11.7. The highest BCUT2D eigenvalue weighted by atomic mass is 19.1. The summed E-state index contributed by atoms with van der Waals surface area (Å²) in [5.74, 6) is 2.85. The van der Waals surface area contributed by atoms with Crippen LogP contribution in [0.3, 0.4) is 0 Å². The Morgan fingerprint density at radius 2 is 1.86 bits per heavy atom. The summed E-state index contributed by atoms with van der Waals surface area (Å²) in [7, 11) is 0. The van der Waals surface area contributed by atoms with Gasteiger partial charge in [0.25, 0.3) is 0 Å². The van der Waals surface area contributed by atoms with Gasteiger partial charge in [-0.2, -0.15) is 0 Å². The Hall–Kier alpha value is -2.50. The molecule has 2 aromatic rings. The van der Waals surface area contributed by atoms with E-state index >= 15 is 4.39 Å². The van der Waals surface area contributed by atoms with E-state index in [2.05, 4.69) is 22.1 Å². The number of carbonyl (C=O) groups excluding carboxylic acids is 2. The van der Waals surface area contributed by atoms with Gasteiger partial charge in [-0.25, -0.2) is 4.39 Å². The second kappa shape index (κ2) is 9.75. The molecule has 0 spiro atoms. The number of carbonyl (C=O) groups is 2. The van der Waals surface area contributed by atoms with Gasteiger partial charge in [0.1, 0.15) is 5.82 Å². The Balaban J connectivity index is 1.25. The smallest absolute Gasteiger partial charge is 0.223 e. The molecular weight excluding hydrogens is 453 g/mol. The Morgan fingerprint density at radius 3 is 2.50 bits per heavy atom. The van der Waals surface area contributed by atoms with Crippen molar-refractivity contribution in [1.82, 2.24) is 10.3 Å². The minimum Gasteiger partial charge on any atom is -0.369 e. The summed E-state index contributed by atoms with van der Waals surface area (Å²) in [5.41, 5.74) is 3.09. The maximum Gasteiger partial charge on any atom is 0.223 e. The fraction of sp³-hybridized carbons (Fsp3) is 0.633. The van der Waals surface area contributed by atoms with Gasteiger partial charge in [0.2, 0.25) is 5.91 Å². The molecule has 4 saturated carbocycles. The minimum atomic E-state index is -0.268. The fourth-order valence-corrected chi connectivity index (χ4v) is 6.54. The quantitative estimate of drug-likeness (QED) is 0.343. The van der Waals surface area contributed by atoms with Crippen molar-refractivity contribution in [2.45, 2.75) is 71.1 Å². The van der Waals surface area contributed by atoms with Crippen molar-refractivity contribution >= 4 is 28.3 Å². The number of amides is 1. The average molecular weight is 492 g/mol. The second-order valence-electron chi connectivity index (χ2n) is 11.8. The first kappa shape index (κ1) is 23.9. The van der Waals surface area contributed by atoms with Crippen LogP contribution in [-0.4, -0.2) is 36.3 Å². The largest absolute Gasteiger partial charge is 0.369 e. The Bertz CT molecular complexity index is 1150. The van der Waals surface area contributed by atoms with E-state index < -0.39 is 0 Å². The van der Waals surface area contributed by atoms with Crippen LogP contribution < -0.4 is 10.2 Å². The van der Waals surface area contributed by atoms with E-state index in [0.29, 0.717) is 42.6 Å². The molecule has 1 N–H and O–H groups in total. The van der Waals surface area contributed by atoms with E-state index in [4.69, 9.17) is 0 Å². The summed E-state index contributed by atoms with van der Waals surface area (Å²) >= 11 is 0. The fourth-order valence-electron chi connectivity index (χ4n) is 6.54.